The Balaban J connectivity index is 1.82. The van der Waals surface area contributed by atoms with Crippen LogP contribution >= 0.6 is 11.3 Å². The molecule has 96 valence electrons. The van der Waals surface area contributed by atoms with Crippen LogP contribution in [0.15, 0.2) is 34.9 Å². The Morgan fingerprint density at radius 2 is 2.26 bits per heavy atom. The van der Waals surface area contributed by atoms with E-state index in [1.54, 1.807) is 0 Å². The number of aromatic nitrogens is 2. The van der Waals surface area contributed by atoms with E-state index >= 15 is 0 Å². The van der Waals surface area contributed by atoms with Gasteiger partial charge in [0.25, 0.3) is 11.8 Å². The number of carbonyl (C=O) groups is 1. The van der Waals surface area contributed by atoms with Crippen LogP contribution in [0.5, 0.6) is 5.88 Å². The van der Waals surface area contributed by atoms with Gasteiger partial charge in [-0.15, -0.1) is 0 Å². The highest BCUT2D eigenvalue weighted by molar-refractivity contribution is 7.22. The summed E-state index contributed by atoms with van der Waals surface area (Å²) in [5, 5.41) is 6.74. The smallest absolute Gasteiger partial charge is 0.296 e. The van der Waals surface area contributed by atoms with E-state index in [1.807, 2.05) is 24.3 Å². The molecule has 3 aromatic rings. The Kier molecular flexibility index (Phi) is 2.88. The number of amides is 1. The average Bonchev–Trinajstić information content (AvgIpc) is 3.04. The van der Waals surface area contributed by atoms with Gasteiger partial charge < -0.3 is 9.26 Å². The number of carbonyl (C=O) groups excluding carboxylic acids is 1. The molecule has 0 fully saturated rings. The molecule has 7 heteroatoms. The maximum Gasteiger partial charge on any atom is 0.296 e. The molecule has 0 aliphatic carbocycles. The number of benzene rings is 1. The van der Waals surface area contributed by atoms with Crippen LogP contribution in [0.4, 0.5) is 5.13 Å². The van der Waals surface area contributed by atoms with Crippen LogP contribution in [0.2, 0.25) is 0 Å². The Morgan fingerprint density at radius 1 is 1.42 bits per heavy atom. The summed E-state index contributed by atoms with van der Waals surface area (Å²) in [5.74, 6) is -0.0691. The first-order chi connectivity index (χ1) is 9.26. The summed E-state index contributed by atoms with van der Waals surface area (Å²) < 4.78 is 10.7. The van der Waals surface area contributed by atoms with Crippen LogP contribution in [-0.4, -0.2) is 23.2 Å². The lowest BCUT2D eigenvalue weighted by atomic mass is 10.3. The highest BCUT2D eigenvalue weighted by atomic mass is 32.1. The van der Waals surface area contributed by atoms with Crippen molar-refractivity contribution in [2.24, 2.45) is 0 Å². The van der Waals surface area contributed by atoms with Crippen molar-refractivity contribution in [2.45, 2.75) is 0 Å². The molecule has 0 saturated heterocycles. The van der Waals surface area contributed by atoms with Gasteiger partial charge in [0.15, 0.2) is 5.13 Å². The third-order valence-corrected chi connectivity index (χ3v) is 3.39. The summed E-state index contributed by atoms with van der Waals surface area (Å²) >= 11 is 1.40. The normalized spacial score (nSPS) is 10.6. The summed E-state index contributed by atoms with van der Waals surface area (Å²) in [7, 11) is 1.45. The Morgan fingerprint density at radius 3 is 3.00 bits per heavy atom. The van der Waals surface area contributed by atoms with Crippen LogP contribution in [0.1, 0.15) is 10.6 Å². The zero-order valence-corrected chi connectivity index (χ0v) is 10.7. The first-order valence-corrected chi connectivity index (χ1v) is 6.25. The quantitative estimate of drug-likeness (QED) is 0.794. The van der Waals surface area contributed by atoms with E-state index < -0.39 is 5.91 Å². The number of methoxy groups -OCH3 is 1. The van der Waals surface area contributed by atoms with E-state index in [1.165, 1.54) is 24.5 Å². The van der Waals surface area contributed by atoms with Crippen LogP contribution in [0, 0.1) is 0 Å². The number of rotatable bonds is 3. The Labute approximate surface area is 112 Å². The molecule has 0 bridgehead atoms. The first kappa shape index (κ1) is 11.7. The number of thiazole rings is 1. The molecular formula is C12H9N3O3S. The number of nitrogens with one attached hydrogen (secondary N) is 1. The van der Waals surface area contributed by atoms with Crippen LogP contribution < -0.4 is 10.1 Å². The molecule has 0 aliphatic heterocycles. The molecule has 1 N–H and O–H groups in total. The van der Waals surface area contributed by atoms with Gasteiger partial charge in [-0.25, -0.2) is 4.98 Å². The SMILES string of the molecule is COc1cc(C(=O)Nc2nc3ccccc3s2)on1. The molecule has 0 radical (unpaired) electrons. The van der Waals surface area contributed by atoms with Gasteiger partial charge in [0.05, 0.1) is 23.4 Å². The van der Waals surface area contributed by atoms with Crippen LogP contribution in [0.3, 0.4) is 0 Å². The van der Waals surface area contributed by atoms with Crippen molar-refractivity contribution in [3.8, 4) is 5.88 Å². The molecule has 0 unspecified atom stereocenters. The number of hydrogen-bond donors (Lipinski definition) is 1. The predicted octanol–water partition coefficient (Wildman–Crippen LogP) is 2.55. The van der Waals surface area contributed by atoms with E-state index in [0.29, 0.717) is 5.13 Å². The fraction of sp³-hybridized carbons (Fsp3) is 0.0833. The third kappa shape index (κ3) is 2.27. The Bertz CT molecular complexity index is 701. The standard InChI is InChI=1S/C12H9N3O3S/c1-17-10-6-8(18-15-10)11(16)14-12-13-7-4-2-3-5-9(7)19-12/h2-6H,1H3,(H,13,14,16). The van der Waals surface area contributed by atoms with E-state index in [2.05, 4.69) is 15.5 Å². The van der Waals surface area contributed by atoms with Crippen molar-refractivity contribution in [3.63, 3.8) is 0 Å². The predicted molar refractivity (Wildman–Crippen MR) is 70.6 cm³/mol. The van der Waals surface area contributed by atoms with Gasteiger partial charge >= 0.3 is 0 Å². The highest BCUT2D eigenvalue weighted by Crippen LogP contribution is 2.25. The van der Waals surface area contributed by atoms with E-state index in [4.69, 9.17) is 9.26 Å². The molecule has 0 saturated carbocycles. The molecule has 0 atom stereocenters. The van der Waals surface area contributed by atoms with Gasteiger partial charge in [-0.2, -0.15) is 0 Å². The minimum Gasteiger partial charge on any atom is -0.479 e. The summed E-state index contributed by atoms with van der Waals surface area (Å²) in [6, 6.07) is 9.07. The van der Waals surface area contributed by atoms with Crippen molar-refractivity contribution < 1.29 is 14.1 Å². The fourth-order valence-electron chi connectivity index (χ4n) is 1.55. The maximum atomic E-state index is 11.9. The maximum absolute atomic E-state index is 11.9. The number of para-hydroxylation sites is 1. The molecule has 1 amide bonds. The molecule has 0 aliphatic rings. The van der Waals surface area contributed by atoms with Gasteiger partial charge in [0.1, 0.15) is 0 Å². The number of ether oxygens (including phenoxy) is 1. The summed E-state index contributed by atoms with van der Waals surface area (Å²) in [5.41, 5.74) is 0.845. The minimum absolute atomic E-state index is 0.0797. The van der Waals surface area contributed by atoms with Crippen molar-refractivity contribution in [2.75, 3.05) is 12.4 Å². The van der Waals surface area contributed by atoms with Gasteiger partial charge in [-0.3, -0.25) is 10.1 Å². The van der Waals surface area contributed by atoms with Crippen molar-refractivity contribution in [3.05, 3.63) is 36.1 Å². The number of hydrogen-bond acceptors (Lipinski definition) is 6. The first-order valence-electron chi connectivity index (χ1n) is 5.44. The zero-order chi connectivity index (χ0) is 13.2. The van der Waals surface area contributed by atoms with Crippen LogP contribution in [-0.2, 0) is 0 Å². The van der Waals surface area contributed by atoms with Gasteiger partial charge in [-0.1, -0.05) is 23.5 Å². The lowest BCUT2D eigenvalue weighted by Gasteiger charge is -1.95. The average molecular weight is 275 g/mol. The van der Waals surface area contributed by atoms with Gasteiger partial charge in [-0.05, 0) is 17.3 Å². The minimum atomic E-state index is -0.408. The van der Waals surface area contributed by atoms with Gasteiger partial charge in [0, 0.05) is 0 Å². The molecule has 1 aromatic carbocycles. The summed E-state index contributed by atoms with van der Waals surface area (Å²) in [6.45, 7) is 0. The second kappa shape index (κ2) is 4.69. The lowest BCUT2D eigenvalue weighted by molar-refractivity contribution is 0.0987. The second-order valence-electron chi connectivity index (χ2n) is 3.67. The van der Waals surface area contributed by atoms with Crippen LogP contribution in [0.25, 0.3) is 10.2 Å². The summed E-state index contributed by atoms with van der Waals surface area (Å²) in [4.78, 5) is 16.2. The second-order valence-corrected chi connectivity index (χ2v) is 4.71. The van der Waals surface area contributed by atoms with E-state index in [9.17, 15) is 4.79 Å². The lowest BCUT2D eigenvalue weighted by Crippen LogP contribution is -2.10. The Hall–Kier alpha value is -2.41. The number of fused-ring (bicyclic) bond motifs is 1. The van der Waals surface area contributed by atoms with Crippen molar-refractivity contribution in [1.82, 2.24) is 10.1 Å². The molecule has 3 rings (SSSR count). The molecule has 2 heterocycles. The molecule has 2 aromatic heterocycles. The largest absolute Gasteiger partial charge is 0.479 e. The summed E-state index contributed by atoms with van der Waals surface area (Å²) in [6.07, 6.45) is 0. The van der Waals surface area contributed by atoms with Crippen molar-refractivity contribution >= 4 is 32.6 Å². The number of nitrogens with zero attached hydrogens (tertiary/aromatic N) is 2. The monoisotopic (exact) mass is 275 g/mol. The van der Waals surface area contributed by atoms with E-state index in [0.717, 1.165) is 10.2 Å². The van der Waals surface area contributed by atoms with Crippen molar-refractivity contribution in [1.29, 1.82) is 0 Å². The highest BCUT2D eigenvalue weighted by Gasteiger charge is 2.15. The molecule has 19 heavy (non-hydrogen) atoms. The molecular weight excluding hydrogens is 266 g/mol. The van der Waals surface area contributed by atoms with Gasteiger partial charge in [0.2, 0.25) is 5.76 Å². The van der Waals surface area contributed by atoms with E-state index in [-0.39, 0.29) is 11.6 Å². The zero-order valence-electron chi connectivity index (χ0n) is 9.91. The topological polar surface area (TPSA) is 77.2 Å². The number of anilines is 1. The molecule has 0 spiro atoms. The fourth-order valence-corrected chi connectivity index (χ4v) is 2.41. The third-order valence-electron chi connectivity index (χ3n) is 2.44. The molecule has 6 nitrogen and oxygen atoms in total.